The van der Waals surface area contributed by atoms with Gasteiger partial charge < -0.3 is 9.84 Å². The van der Waals surface area contributed by atoms with Gasteiger partial charge in [0.15, 0.2) is 0 Å². The van der Waals surface area contributed by atoms with E-state index in [1.807, 2.05) is 24.3 Å². The van der Waals surface area contributed by atoms with Crippen LogP contribution in [0.5, 0.6) is 0 Å². The van der Waals surface area contributed by atoms with Crippen molar-refractivity contribution in [3.63, 3.8) is 0 Å². The molecule has 1 N–H and O–H groups in total. The minimum Gasteiger partial charge on any atom is -0.396 e. The van der Waals surface area contributed by atoms with E-state index in [1.165, 1.54) is 5.56 Å². The van der Waals surface area contributed by atoms with E-state index < -0.39 is 0 Å². The van der Waals surface area contributed by atoms with Gasteiger partial charge in [0.2, 0.25) is 0 Å². The Bertz CT molecular complexity index is 319. The van der Waals surface area contributed by atoms with Crippen molar-refractivity contribution in [3.05, 3.63) is 48.0 Å². The summed E-state index contributed by atoms with van der Waals surface area (Å²) >= 11 is 0. The van der Waals surface area contributed by atoms with Gasteiger partial charge in [-0.25, -0.2) is 0 Å². The zero-order chi connectivity index (χ0) is 12.5. The van der Waals surface area contributed by atoms with Gasteiger partial charge in [0.25, 0.3) is 0 Å². The fraction of sp³-hybridized carbons (Fsp3) is 0.467. The summed E-state index contributed by atoms with van der Waals surface area (Å²) < 4.78 is 5.53. The Hall–Kier alpha value is -1.12. The van der Waals surface area contributed by atoms with Crippen LogP contribution >= 0.6 is 0 Å². The van der Waals surface area contributed by atoms with Gasteiger partial charge >= 0.3 is 0 Å². The largest absolute Gasteiger partial charge is 0.396 e. The van der Waals surface area contributed by atoms with Crippen LogP contribution in [0, 0.1) is 5.92 Å². The molecule has 1 aromatic carbocycles. The van der Waals surface area contributed by atoms with Gasteiger partial charge in [0.1, 0.15) is 0 Å². The van der Waals surface area contributed by atoms with Gasteiger partial charge in [-0.1, -0.05) is 49.4 Å². The molecule has 2 nitrogen and oxygen atoms in total. The standard InChI is InChI=1S/C15H22O2/c1-13(8-6-7-11-16)15(17-2)12-14-9-4-3-5-10-14/h3-6,8-10,13,15-16H,7,11-12H2,1-2H3/b8-6+/t13-,15-/m1/s1. The molecule has 1 aromatic rings. The summed E-state index contributed by atoms with van der Waals surface area (Å²) in [5.74, 6) is 0.353. The van der Waals surface area contributed by atoms with Gasteiger partial charge in [-0.3, -0.25) is 0 Å². The molecule has 0 saturated carbocycles. The number of aliphatic hydroxyl groups is 1. The lowest BCUT2D eigenvalue weighted by molar-refractivity contribution is 0.0745. The van der Waals surface area contributed by atoms with Crippen molar-refractivity contribution in [2.24, 2.45) is 5.92 Å². The third kappa shape index (κ3) is 5.16. The molecule has 94 valence electrons. The van der Waals surface area contributed by atoms with Gasteiger partial charge in [-0.2, -0.15) is 0 Å². The molecule has 2 heteroatoms. The molecule has 0 unspecified atom stereocenters. The van der Waals surface area contributed by atoms with Crippen LogP contribution < -0.4 is 0 Å². The number of benzene rings is 1. The average molecular weight is 234 g/mol. The number of ether oxygens (including phenoxy) is 1. The summed E-state index contributed by atoms with van der Waals surface area (Å²) in [6.45, 7) is 2.35. The fourth-order valence-corrected chi connectivity index (χ4v) is 1.84. The van der Waals surface area contributed by atoms with Crippen molar-refractivity contribution >= 4 is 0 Å². The van der Waals surface area contributed by atoms with Gasteiger partial charge in [0.05, 0.1) is 6.10 Å². The number of rotatable bonds is 7. The Labute approximate surface area is 104 Å². The van der Waals surface area contributed by atoms with Gasteiger partial charge in [0, 0.05) is 19.6 Å². The Morgan fingerprint density at radius 2 is 2.00 bits per heavy atom. The molecule has 1 rings (SSSR count). The summed E-state index contributed by atoms with van der Waals surface area (Å²) in [7, 11) is 1.75. The summed E-state index contributed by atoms with van der Waals surface area (Å²) in [5.41, 5.74) is 1.29. The van der Waals surface area contributed by atoms with Crippen molar-refractivity contribution in [2.75, 3.05) is 13.7 Å². The lowest BCUT2D eigenvalue weighted by Crippen LogP contribution is -2.21. The smallest absolute Gasteiger partial charge is 0.0671 e. The van der Waals surface area contributed by atoms with Crippen molar-refractivity contribution in [3.8, 4) is 0 Å². The van der Waals surface area contributed by atoms with Gasteiger partial charge in [-0.15, -0.1) is 0 Å². The van der Waals surface area contributed by atoms with E-state index >= 15 is 0 Å². The maximum atomic E-state index is 8.73. The average Bonchev–Trinajstić information content (AvgIpc) is 2.37. The molecule has 0 spiro atoms. The third-order valence-corrected chi connectivity index (χ3v) is 2.90. The van der Waals surface area contributed by atoms with Crippen LogP contribution in [-0.2, 0) is 11.2 Å². The number of methoxy groups -OCH3 is 1. The maximum absolute atomic E-state index is 8.73. The maximum Gasteiger partial charge on any atom is 0.0671 e. The third-order valence-electron chi connectivity index (χ3n) is 2.90. The van der Waals surface area contributed by atoms with Crippen LogP contribution in [0.3, 0.4) is 0 Å². The van der Waals surface area contributed by atoms with E-state index in [0.717, 1.165) is 6.42 Å². The second-order valence-corrected chi connectivity index (χ2v) is 4.26. The molecule has 0 saturated heterocycles. The molecule has 0 fully saturated rings. The summed E-state index contributed by atoms with van der Waals surface area (Å²) in [5, 5.41) is 8.73. The zero-order valence-electron chi connectivity index (χ0n) is 10.7. The summed E-state index contributed by atoms with van der Waals surface area (Å²) in [6.07, 6.45) is 5.95. The highest BCUT2D eigenvalue weighted by Crippen LogP contribution is 2.15. The molecular weight excluding hydrogens is 212 g/mol. The molecule has 0 amide bonds. The lowest BCUT2D eigenvalue weighted by Gasteiger charge is -2.20. The van der Waals surface area contributed by atoms with E-state index in [-0.39, 0.29) is 12.7 Å². The van der Waals surface area contributed by atoms with Crippen LogP contribution in [0.1, 0.15) is 18.9 Å². The highest BCUT2D eigenvalue weighted by Gasteiger charge is 2.14. The molecule has 17 heavy (non-hydrogen) atoms. The molecule has 0 aliphatic heterocycles. The molecule has 0 aromatic heterocycles. The van der Waals surface area contributed by atoms with E-state index in [1.54, 1.807) is 7.11 Å². The number of hydrogen-bond acceptors (Lipinski definition) is 2. The molecule has 0 bridgehead atoms. The Kier molecular flexibility index (Phi) is 6.60. The van der Waals surface area contributed by atoms with Crippen molar-refractivity contribution in [1.82, 2.24) is 0 Å². The second kappa shape index (κ2) is 8.04. The van der Waals surface area contributed by atoms with Crippen LogP contribution in [-0.4, -0.2) is 24.9 Å². The molecular formula is C15H22O2. The number of hydrogen-bond donors (Lipinski definition) is 1. The molecule has 0 aliphatic carbocycles. The molecule has 0 radical (unpaired) electrons. The predicted molar refractivity (Wildman–Crippen MR) is 70.9 cm³/mol. The SMILES string of the molecule is CO[C@H](Cc1ccccc1)[C@H](C)/C=C/CCO. The fourth-order valence-electron chi connectivity index (χ4n) is 1.84. The summed E-state index contributed by atoms with van der Waals surface area (Å²) in [4.78, 5) is 0. The summed E-state index contributed by atoms with van der Waals surface area (Å²) in [6, 6.07) is 10.4. The zero-order valence-corrected chi connectivity index (χ0v) is 10.7. The van der Waals surface area contributed by atoms with E-state index in [0.29, 0.717) is 12.3 Å². The first-order valence-electron chi connectivity index (χ1n) is 6.12. The van der Waals surface area contributed by atoms with Crippen molar-refractivity contribution < 1.29 is 9.84 Å². The van der Waals surface area contributed by atoms with E-state index in [9.17, 15) is 0 Å². The minimum absolute atomic E-state index is 0.187. The van der Waals surface area contributed by atoms with Crippen LogP contribution in [0.4, 0.5) is 0 Å². The second-order valence-electron chi connectivity index (χ2n) is 4.26. The van der Waals surface area contributed by atoms with E-state index in [4.69, 9.17) is 9.84 Å². The molecule has 2 atom stereocenters. The molecule has 0 heterocycles. The van der Waals surface area contributed by atoms with Crippen LogP contribution in [0.2, 0.25) is 0 Å². The van der Waals surface area contributed by atoms with Crippen LogP contribution in [0.25, 0.3) is 0 Å². The Balaban J connectivity index is 2.53. The highest BCUT2D eigenvalue weighted by atomic mass is 16.5. The highest BCUT2D eigenvalue weighted by molar-refractivity contribution is 5.16. The van der Waals surface area contributed by atoms with E-state index in [2.05, 4.69) is 25.1 Å². The van der Waals surface area contributed by atoms with Crippen molar-refractivity contribution in [2.45, 2.75) is 25.9 Å². The first-order chi connectivity index (χ1) is 8.27. The van der Waals surface area contributed by atoms with Crippen LogP contribution in [0.15, 0.2) is 42.5 Å². The van der Waals surface area contributed by atoms with Gasteiger partial charge in [-0.05, 0) is 18.4 Å². The monoisotopic (exact) mass is 234 g/mol. The quantitative estimate of drug-likeness (QED) is 0.735. The normalized spacial score (nSPS) is 15.0. The topological polar surface area (TPSA) is 29.5 Å². The number of aliphatic hydroxyl groups excluding tert-OH is 1. The minimum atomic E-state index is 0.187. The first-order valence-corrected chi connectivity index (χ1v) is 6.12. The predicted octanol–water partition coefficient (Wildman–Crippen LogP) is 2.82. The Morgan fingerprint density at radius 3 is 2.59 bits per heavy atom. The Morgan fingerprint density at radius 1 is 1.29 bits per heavy atom. The van der Waals surface area contributed by atoms with Crippen molar-refractivity contribution in [1.29, 1.82) is 0 Å². The molecule has 0 aliphatic rings. The first kappa shape index (κ1) is 13.9. The lowest BCUT2D eigenvalue weighted by atomic mass is 9.97.